The van der Waals surface area contributed by atoms with Gasteiger partial charge in [0.2, 0.25) is 0 Å². The average molecular weight is 211 g/mol. The number of rotatable bonds is 4. The van der Waals surface area contributed by atoms with Crippen LogP contribution in [0, 0.1) is 0 Å². The van der Waals surface area contributed by atoms with Crippen LogP contribution in [0.15, 0.2) is 17.5 Å². The fraction of sp³-hybridized carbons (Fsp3) is 0.636. The van der Waals surface area contributed by atoms with Crippen molar-refractivity contribution in [3.05, 3.63) is 22.4 Å². The number of ether oxygens (including phenoxy) is 1. The van der Waals surface area contributed by atoms with Crippen LogP contribution in [0.5, 0.6) is 0 Å². The standard InChI is InChI=1S/C11H17NOS/c1-9(11-5-3-7-14-11)13-8-10-4-2-6-12-10/h3,5,7,9-10,12H,2,4,6,8H2,1H3/t9-,10+/m0/s1. The van der Waals surface area contributed by atoms with E-state index in [-0.39, 0.29) is 6.10 Å². The third-order valence-electron chi connectivity index (χ3n) is 2.65. The second-order valence-electron chi connectivity index (χ2n) is 3.78. The number of nitrogens with one attached hydrogen (secondary N) is 1. The van der Waals surface area contributed by atoms with Crippen molar-refractivity contribution in [3.8, 4) is 0 Å². The van der Waals surface area contributed by atoms with Gasteiger partial charge in [0.15, 0.2) is 0 Å². The predicted molar refractivity (Wildman–Crippen MR) is 59.7 cm³/mol. The molecular weight excluding hydrogens is 194 g/mol. The lowest BCUT2D eigenvalue weighted by atomic mass is 10.2. The van der Waals surface area contributed by atoms with Crippen molar-refractivity contribution >= 4 is 11.3 Å². The molecule has 1 aliphatic heterocycles. The van der Waals surface area contributed by atoms with Crippen molar-refractivity contribution in [1.82, 2.24) is 5.32 Å². The SMILES string of the molecule is C[C@H](OC[C@H]1CCCN1)c1cccs1. The highest BCUT2D eigenvalue weighted by molar-refractivity contribution is 7.10. The molecule has 1 aliphatic rings. The topological polar surface area (TPSA) is 21.3 Å². The molecule has 0 aliphatic carbocycles. The van der Waals surface area contributed by atoms with E-state index in [9.17, 15) is 0 Å². The fourth-order valence-corrected chi connectivity index (χ4v) is 2.50. The Balaban J connectivity index is 1.74. The van der Waals surface area contributed by atoms with Gasteiger partial charge in [0.1, 0.15) is 0 Å². The van der Waals surface area contributed by atoms with Crippen LogP contribution in [-0.2, 0) is 4.74 Å². The van der Waals surface area contributed by atoms with Crippen LogP contribution in [0.25, 0.3) is 0 Å². The largest absolute Gasteiger partial charge is 0.371 e. The second kappa shape index (κ2) is 4.91. The number of hydrogen-bond donors (Lipinski definition) is 1. The molecule has 2 nitrogen and oxygen atoms in total. The van der Waals surface area contributed by atoms with E-state index in [4.69, 9.17) is 4.74 Å². The summed E-state index contributed by atoms with van der Waals surface area (Å²) >= 11 is 1.77. The first-order chi connectivity index (χ1) is 6.86. The first-order valence-corrected chi connectivity index (χ1v) is 6.12. The van der Waals surface area contributed by atoms with E-state index < -0.39 is 0 Å². The quantitative estimate of drug-likeness (QED) is 0.826. The monoisotopic (exact) mass is 211 g/mol. The molecule has 0 bridgehead atoms. The van der Waals surface area contributed by atoms with Gasteiger partial charge in [-0.15, -0.1) is 11.3 Å². The highest BCUT2D eigenvalue weighted by atomic mass is 32.1. The van der Waals surface area contributed by atoms with Crippen molar-refractivity contribution in [1.29, 1.82) is 0 Å². The summed E-state index contributed by atoms with van der Waals surface area (Å²) in [5.41, 5.74) is 0. The first-order valence-electron chi connectivity index (χ1n) is 5.24. The van der Waals surface area contributed by atoms with Gasteiger partial charge in [-0.25, -0.2) is 0 Å². The molecule has 3 heteroatoms. The van der Waals surface area contributed by atoms with Crippen LogP contribution >= 0.6 is 11.3 Å². The molecule has 1 aromatic rings. The third kappa shape index (κ3) is 2.56. The second-order valence-corrected chi connectivity index (χ2v) is 4.76. The minimum absolute atomic E-state index is 0.248. The lowest BCUT2D eigenvalue weighted by Crippen LogP contribution is -2.27. The van der Waals surface area contributed by atoms with Crippen LogP contribution in [0.4, 0.5) is 0 Å². The van der Waals surface area contributed by atoms with E-state index in [1.54, 1.807) is 11.3 Å². The Hall–Kier alpha value is -0.380. The molecular formula is C11H17NOS. The molecule has 0 aromatic carbocycles. The third-order valence-corrected chi connectivity index (χ3v) is 3.69. The lowest BCUT2D eigenvalue weighted by molar-refractivity contribution is 0.0547. The van der Waals surface area contributed by atoms with Gasteiger partial charge in [0.05, 0.1) is 12.7 Å². The van der Waals surface area contributed by atoms with Crippen LogP contribution in [-0.4, -0.2) is 19.2 Å². The summed E-state index contributed by atoms with van der Waals surface area (Å²) in [6.07, 6.45) is 2.80. The van der Waals surface area contributed by atoms with E-state index in [1.165, 1.54) is 17.7 Å². The Morgan fingerprint density at radius 2 is 2.64 bits per heavy atom. The Morgan fingerprint density at radius 3 is 3.29 bits per heavy atom. The zero-order chi connectivity index (χ0) is 9.80. The molecule has 78 valence electrons. The van der Waals surface area contributed by atoms with Gasteiger partial charge in [-0.3, -0.25) is 0 Å². The zero-order valence-electron chi connectivity index (χ0n) is 8.53. The molecule has 0 spiro atoms. The van der Waals surface area contributed by atoms with Gasteiger partial charge in [-0.2, -0.15) is 0 Å². The Morgan fingerprint density at radius 1 is 1.71 bits per heavy atom. The maximum atomic E-state index is 5.82. The summed E-state index contributed by atoms with van der Waals surface area (Å²) < 4.78 is 5.82. The van der Waals surface area contributed by atoms with Crippen LogP contribution in [0.1, 0.15) is 30.7 Å². The van der Waals surface area contributed by atoms with E-state index >= 15 is 0 Å². The molecule has 1 saturated heterocycles. The van der Waals surface area contributed by atoms with Gasteiger partial charge in [-0.1, -0.05) is 6.07 Å². The molecule has 1 fully saturated rings. The van der Waals surface area contributed by atoms with Crippen molar-refractivity contribution < 1.29 is 4.74 Å². The summed E-state index contributed by atoms with van der Waals surface area (Å²) in [7, 11) is 0. The normalized spacial score (nSPS) is 23.9. The molecule has 0 saturated carbocycles. The lowest BCUT2D eigenvalue weighted by Gasteiger charge is -2.15. The molecule has 0 amide bonds. The Kier molecular flexibility index (Phi) is 3.56. The van der Waals surface area contributed by atoms with Gasteiger partial charge in [-0.05, 0) is 37.8 Å². The Labute approximate surface area is 89.3 Å². The minimum atomic E-state index is 0.248. The molecule has 1 aromatic heterocycles. The molecule has 0 unspecified atom stereocenters. The number of hydrogen-bond acceptors (Lipinski definition) is 3. The number of thiophene rings is 1. The zero-order valence-corrected chi connectivity index (χ0v) is 9.35. The molecule has 2 rings (SSSR count). The fourth-order valence-electron chi connectivity index (χ4n) is 1.76. The van der Waals surface area contributed by atoms with Crippen LogP contribution in [0.3, 0.4) is 0 Å². The highest BCUT2D eigenvalue weighted by Gasteiger charge is 2.15. The van der Waals surface area contributed by atoms with Gasteiger partial charge in [0.25, 0.3) is 0 Å². The van der Waals surface area contributed by atoms with Crippen LogP contribution in [0.2, 0.25) is 0 Å². The van der Waals surface area contributed by atoms with E-state index in [0.717, 1.165) is 13.2 Å². The maximum absolute atomic E-state index is 5.82. The van der Waals surface area contributed by atoms with Crippen LogP contribution < -0.4 is 5.32 Å². The summed E-state index contributed by atoms with van der Waals surface area (Å²) in [6, 6.07) is 4.79. The predicted octanol–water partition coefficient (Wildman–Crippen LogP) is 2.58. The van der Waals surface area contributed by atoms with Crippen molar-refractivity contribution in [3.63, 3.8) is 0 Å². The molecule has 2 heterocycles. The Bertz CT molecular complexity index is 254. The molecule has 1 N–H and O–H groups in total. The summed E-state index contributed by atoms with van der Waals surface area (Å²) in [6.45, 7) is 4.13. The summed E-state index contributed by atoms with van der Waals surface area (Å²) in [4.78, 5) is 1.32. The van der Waals surface area contributed by atoms with E-state index in [2.05, 4.69) is 29.8 Å². The van der Waals surface area contributed by atoms with Gasteiger partial charge in [0, 0.05) is 10.9 Å². The molecule has 2 atom stereocenters. The van der Waals surface area contributed by atoms with Crippen molar-refractivity contribution in [2.75, 3.05) is 13.2 Å². The van der Waals surface area contributed by atoms with Crippen molar-refractivity contribution in [2.24, 2.45) is 0 Å². The minimum Gasteiger partial charge on any atom is -0.371 e. The molecule has 0 radical (unpaired) electrons. The van der Waals surface area contributed by atoms with E-state index in [1.807, 2.05) is 0 Å². The maximum Gasteiger partial charge on any atom is 0.0889 e. The first kappa shape index (κ1) is 10.1. The van der Waals surface area contributed by atoms with E-state index in [0.29, 0.717) is 6.04 Å². The highest BCUT2D eigenvalue weighted by Crippen LogP contribution is 2.22. The van der Waals surface area contributed by atoms with Crippen molar-refractivity contribution in [2.45, 2.75) is 31.9 Å². The van der Waals surface area contributed by atoms with Gasteiger partial charge >= 0.3 is 0 Å². The summed E-state index contributed by atoms with van der Waals surface area (Å²) in [5, 5.41) is 5.54. The smallest absolute Gasteiger partial charge is 0.0889 e. The summed E-state index contributed by atoms with van der Waals surface area (Å²) in [5.74, 6) is 0. The molecule has 14 heavy (non-hydrogen) atoms. The van der Waals surface area contributed by atoms with Gasteiger partial charge < -0.3 is 10.1 Å². The average Bonchev–Trinajstić information content (AvgIpc) is 2.87.